The van der Waals surface area contributed by atoms with Crippen LogP contribution < -0.4 is 0 Å². The molecule has 1 aliphatic heterocycles. The molecule has 0 radical (unpaired) electrons. The minimum Gasteiger partial charge on any atom is -0.395 e. The van der Waals surface area contributed by atoms with Crippen molar-refractivity contribution in [1.29, 1.82) is 0 Å². The topological polar surface area (TPSA) is 76.6 Å². The molecular formula is C13H12N2O4S. The van der Waals surface area contributed by atoms with Crippen LogP contribution in [0.1, 0.15) is 35.0 Å². The highest BCUT2D eigenvalue weighted by Crippen LogP contribution is 2.34. The van der Waals surface area contributed by atoms with Crippen molar-refractivity contribution in [2.45, 2.75) is 18.9 Å². The lowest BCUT2D eigenvalue weighted by atomic mass is 10.1. The molecule has 2 aromatic heterocycles. The Bertz CT molecular complexity index is 635. The van der Waals surface area contributed by atoms with Crippen molar-refractivity contribution in [3.8, 4) is 0 Å². The van der Waals surface area contributed by atoms with Gasteiger partial charge in [-0.05, 0) is 41.3 Å². The third kappa shape index (κ3) is 2.20. The number of hydrogen-bond donors (Lipinski definition) is 0. The number of thiophene rings is 1. The van der Waals surface area contributed by atoms with Crippen molar-refractivity contribution < 1.29 is 14.1 Å². The summed E-state index contributed by atoms with van der Waals surface area (Å²) in [6.07, 6.45) is 1.83. The first kappa shape index (κ1) is 12.9. The Labute approximate surface area is 118 Å². The van der Waals surface area contributed by atoms with Crippen LogP contribution in [0.15, 0.2) is 33.4 Å². The lowest BCUT2D eigenvalue weighted by Gasteiger charge is -2.23. The number of nitro groups is 1. The number of hydrogen-bond acceptors (Lipinski definition) is 5. The first-order valence-electron chi connectivity index (χ1n) is 6.24. The summed E-state index contributed by atoms with van der Waals surface area (Å²) in [6, 6.07) is 4.62. The number of rotatable bonds is 3. The number of amides is 1. The van der Waals surface area contributed by atoms with Gasteiger partial charge in [-0.1, -0.05) is 0 Å². The molecule has 1 fully saturated rings. The summed E-state index contributed by atoms with van der Waals surface area (Å²) in [6.45, 7) is 0.647. The van der Waals surface area contributed by atoms with Gasteiger partial charge in [0.05, 0.1) is 12.1 Å². The molecule has 6 nitrogen and oxygen atoms in total. The number of carbonyl (C=O) groups is 1. The van der Waals surface area contributed by atoms with Crippen LogP contribution in [0.25, 0.3) is 0 Å². The molecule has 0 aliphatic carbocycles. The molecule has 0 aromatic carbocycles. The Morgan fingerprint density at radius 2 is 2.30 bits per heavy atom. The predicted octanol–water partition coefficient (Wildman–Crippen LogP) is 3.23. The van der Waals surface area contributed by atoms with Gasteiger partial charge in [0.1, 0.15) is 4.92 Å². The van der Waals surface area contributed by atoms with E-state index >= 15 is 0 Å². The maximum absolute atomic E-state index is 12.4. The molecule has 2 aromatic rings. The number of furan rings is 1. The summed E-state index contributed by atoms with van der Waals surface area (Å²) >= 11 is 1.59. The summed E-state index contributed by atoms with van der Waals surface area (Å²) in [5.41, 5.74) is 1.11. The SMILES string of the molecule is O=C(c1ccc([N+](=O)[O-])o1)N1CCCC1c1ccsc1. The first-order valence-corrected chi connectivity index (χ1v) is 7.18. The van der Waals surface area contributed by atoms with Crippen LogP contribution in [0.3, 0.4) is 0 Å². The first-order chi connectivity index (χ1) is 9.66. The Morgan fingerprint density at radius 3 is 2.95 bits per heavy atom. The van der Waals surface area contributed by atoms with Crippen LogP contribution in [-0.4, -0.2) is 22.3 Å². The van der Waals surface area contributed by atoms with E-state index in [1.54, 1.807) is 16.2 Å². The fourth-order valence-corrected chi connectivity index (χ4v) is 3.21. The van der Waals surface area contributed by atoms with E-state index in [1.807, 2.05) is 16.8 Å². The Kier molecular flexibility index (Phi) is 3.27. The zero-order valence-corrected chi connectivity index (χ0v) is 11.3. The lowest BCUT2D eigenvalue weighted by molar-refractivity contribution is -0.402. The average molecular weight is 292 g/mol. The number of nitrogens with zero attached hydrogens (tertiary/aromatic N) is 2. The zero-order valence-electron chi connectivity index (χ0n) is 10.5. The van der Waals surface area contributed by atoms with E-state index in [4.69, 9.17) is 4.42 Å². The molecule has 3 rings (SSSR count). The van der Waals surface area contributed by atoms with Gasteiger partial charge < -0.3 is 9.32 Å². The molecule has 20 heavy (non-hydrogen) atoms. The van der Waals surface area contributed by atoms with Gasteiger partial charge in [0.2, 0.25) is 0 Å². The van der Waals surface area contributed by atoms with E-state index in [9.17, 15) is 14.9 Å². The van der Waals surface area contributed by atoms with Crippen molar-refractivity contribution >= 4 is 23.1 Å². The largest absolute Gasteiger partial charge is 0.433 e. The predicted molar refractivity (Wildman–Crippen MR) is 72.7 cm³/mol. The van der Waals surface area contributed by atoms with Gasteiger partial charge in [-0.25, -0.2) is 0 Å². The second kappa shape index (κ2) is 5.09. The van der Waals surface area contributed by atoms with Crippen molar-refractivity contribution in [3.63, 3.8) is 0 Å². The Morgan fingerprint density at radius 1 is 1.45 bits per heavy atom. The van der Waals surface area contributed by atoms with Gasteiger partial charge >= 0.3 is 5.88 Å². The quantitative estimate of drug-likeness (QED) is 0.643. The van der Waals surface area contributed by atoms with Gasteiger partial charge in [0.15, 0.2) is 5.76 Å². The van der Waals surface area contributed by atoms with Gasteiger partial charge in [0.25, 0.3) is 5.91 Å². The van der Waals surface area contributed by atoms with Crippen LogP contribution in [0.5, 0.6) is 0 Å². The Balaban J connectivity index is 1.83. The lowest BCUT2D eigenvalue weighted by Crippen LogP contribution is -2.30. The molecule has 3 heterocycles. The molecule has 0 saturated carbocycles. The van der Waals surface area contributed by atoms with Crippen LogP contribution in [0.4, 0.5) is 5.88 Å². The molecule has 1 atom stereocenters. The monoisotopic (exact) mass is 292 g/mol. The maximum Gasteiger partial charge on any atom is 0.433 e. The van der Waals surface area contributed by atoms with Crippen molar-refractivity contribution in [2.75, 3.05) is 6.54 Å². The smallest absolute Gasteiger partial charge is 0.395 e. The number of carbonyl (C=O) groups excluding carboxylic acids is 1. The summed E-state index contributed by atoms with van der Waals surface area (Å²) in [5, 5.41) is 14.6. The molecule has 1 unspecified atom stereocenters. The highest BCUT2D eigenvalue weighted by molar-refractivity contribution is 7.07. The molecular weight excluding hydrogens is 280 g/mol. The molecule has 1 amide bonds. The molecule has 0 bridgehead atoms. The summed E-state index contributed by atoms with van der Waals surface area (Å²) in [7, 11) is 0. The normalized spacial score (nSPS) is 18.4. The highest BCUT2D eigenvalue weighted by Gasteiger charge is 2.32. The molecule has 7 heteroatoms. The molecule has 0 N–H and O–H groups in total. The minimum absolute atomic E-state index is 0.0267. The van der Waals surface area contributed by atoms with Crippen LogP contribution >= 0.6 is 11.3 Å². The van der Waals surface area contributed by atoms with Crippen molar-refractivity contribution in [2.24, 2.45) is 0 Å². The van der Waals surface area contributed by atoms with E-state index in [0.29, 0.717) is 6.54 Å². The van der Waals surface area contributed by atoms with E-state index < -0.39 is 10.8 Å². The fraction of sp³-hybridized carbons (Fsp3) is 0.308. The van der Waals surface area contributed by atoms with E-state index in [1.165, 1.54) is 12.1 Å². The van der Waals surface area contributed by atoms with Gasteiger partial charge in [-0.3, -0.25) is 14.9 Å². The standard InChI is InChI=1S/C13H12N2O4S/c16-13(11-3-4-12(19-11)15(17)18)14-6-1-2-10(14)9-5-7-20-8-9/h3-5,7-8,10H,1-2,6H2. The number of likely N-dealkylation sites (tertiary alicyclic amines) is 1. The second-order valence-corrected chi connectivity index (χ2v) is 5.39. The third-order valence-corrected chi connectivity index (χ3v) is 4.13. The highest BCUT2D eigenvalue weighted by atomic mass is 32.1. The molecule has 104 valence electrons. The van der Waals surface area contributed by atoms with E-state index in [0.717, 1.165) is 18.4 Å². The summed E-state index contributed by atoms with van der Waals surface area (Å²) in [4.78, 5) is 24.1. The van der Waals surface area contributed by atoms with Gasteiger partial charge in [-0.15, -0.1) is 0 Å². The maximum atomic E-state index is 12.4. The van der Waals surface area contributed by atoms with Crippen molar-refractivity contribution in [1.82, 2.24) is 4.90 Å². The summed E-state index contributed by atoms with van der Waals surface area (Å²) in [5.74, 6) is -0.662. The Hall–Kier alpha value is -2.15. The average Bonchev–Trinajstić information content (AvgIpc) is 3.17. The van der Waals surface area contributed by atoms with Crippen LogP contribution in [-0.2, 0) is 0 Å². The van der Waals surface area contributed by atoms with E-state index in [2.05, 4.69) is 0 Å². The molecule has 1 saturated heterocycles. The minimum atomic E-state index is -0.642. The zero-order chi connectivity index (χ0) is 14.1. The van der Waals surface area contributed by atoms with Crippen LogP contribution in [0, 0.1) is 10.1 Å². The van der Waals surface area contributed by atoms with Gasteiger partial charge in [0, 0.05) is 6.54 Å². The third-order valence-electron chi connectivity index (χ3n) is 3.42. The van der Waals surface area contributed by atoms with Gasteiger partial charge in [-0.2, -0.15) is 11.3 Å². The molecule has 0 spiro atoms. The van der Waals surface area contributed by atoms with E-state index in [-0.39, 0.29) is 17.7 Å². The second-order valence-electron chi connectivity index (χ2n) is 4.61. The molecule has 1 aliphatic rings. The van der Waals surface area contributed by atoms with Crippen LogP contribution in [0.2, 0.25) is 0 Å². The summed E-state index contributed by atoms with van der Waals surface area (Å²) < 4.78 is 5.00. The van der Waals surface area contributed by atoms with Crippen molar-refractivity contribution in [3.05, 3.63) is 50.4 Å². The fourth-order valence-electron chi connectivity index (χ4n) is 2.50.